The molecule has 9 heteroatoms. The third kappa shape index (κ3) is 4.39. The highest BCUT2D eigenvalue weighted by atomic mass is 16.5. The largest absolute Gasteiger partial charge is 0.477 e. The number of rotatable bonds is 6. The molecular weight excluding hydrogens is 372 g/mol. The van der Waals surface area contributed by atoms with Crippen LogP contribution in [0.1, 0.15) is 36.0 Å². The fraction of sp³-hybridized carbons (Fsp3) is 0.400. The lowest BCUT2D eigenvalue weighted by Gasteiger charge is -2.32. The molecule has 0 spiro atoms. The van der Waals surface area contributed by atoms with E-state index in [1.807, 2.05) is 11.8 Å². The van der Waals surface area contributed by atoms with Gasteiger partial charge >= 0.3 is 0 Å². The maximum Gasteiger partial charge on any atom is 0.259 e. The summed E-state index contributed by atoms with van der Waals surface area (Å²) in [5.41, 5.74) is 1.07. The van der Waals surface area contributed by atoms with Crippen molar-refractivity contribution in [1.82, 2.24) is 30.0 Å². The Morgan fingerprint density at radius 1 is 1.31 bits per heavy atom. The van der Waals surface area contributed by atoms with E-state index < -0.39 is 0 Å². The Bertz CT molecular complexity index is 962. The van der Waals surface area contributed by atoms with Crippen LogP contribution in [0.15, 0.2) is 41.4 Å². The van der Waals surface area contributed by atoms with Gasteiger partial charge in [0.25, 0.3) is 5.91 Å². The van der Waals surface area contributed by atoms with Crippen LogP contribution in [0.3, 0.4) is 0 Å². The number of likely N-dealkylation sites (tertiary alicyclic amines) is 1. The zero-order valence-corrected chi connectivity index (χ0v) is 16.2. The van der Waals surface area contributed by atoms with Gasteiger partial charge in [0.2, 0.25) is 17.6 Å². The fourth-order valence-electron chi connectivity index (χ4n) is 3.50. The van der Waals surface area contributed by atoms with Gasteiger partial charge in [-0.1, -0.05) is 5.16 Å². The number of piperidine rings is 1. The number of hydrogen-bond acceptors (Lipinski definition) is 8. The van der Waals surface area contributed by atoms with Gasteiger partial charge < -0.3 is 14.2 Å². The van der Waals surface area contributed by atoms with Crippen LogP contribution in [0.25, 0.3) is 11.5 Å². The maximum absolute atomic E-state index is 13.0. The highest BCUT2D eigenvalue weighted by Gasteiger charge is 2.28. The highest BCUT2D eigenvalue weighted by Crippen LogP contribution is 2.24. The topological polar surface area (TPSA) is 107 Å². The molecule has 9 nitrogen and oxygen atoms in total. The Labute approximate surface area is 168 Å². The minimum atomic E-state index is -0.0583. The summed E-state index contributed by atoms with van der Waals surface area (Å²) in [6, 6.07) is 3.51. The van der Waals surface area contributed by atoms with Gasteiger partial charge in [0, 0.05) is 38.1 Å². The Hall–Kier alpha value is -3.36. The molecule has 4 heterocycles. The van der Waals surface area contributed by atoms with E-state index in [2.05, 4.69) is 25.1 Å². The van der Waals surface area contributed by atoms with Crippen LogP contribution in [0, 0.1) is 5.92 Å². The number of carbonyl (C=O) groups is 1. The van der Waals surface area contributed by atoms with Crippen LogP contribution in [-0.2, 0) is 6.42 Å². The van der Waals surface area contributed by atoms with Crippen LogP contribution in [0.4, 0.5) is 0 Å². The molecule has 0 aromatic carbocycles. The third-order valence-corrected chi connectivity index (χ3v) is 4.81. The predicted octanol–water partition coefficient (Wildman–Crippen LogP) is 2.42. The summed E-state index contributed by atoms with van der Waals surface area (Å²) >= 11 is 0. The molecule has 1 fully saturated rings. The molecule has 150 valence electrons. The second-order valence-electron chi connectivity index (χ2n) is 6.86. The molecular formula is C20H22N6O3. The zero-order valence-electron chi connectivity index (χ0n) is 16.2. The normalized spacial score (nSPS) is 16.6. The number of hydrogen-bond donors (Lipinski definition) is 0. The van der Waals surface area contributed by atoms with Crippen molar-refractivity contribution in [3.05, 3.63) is 48.4 Å². The SMILES string of the molecule is CCOc1ncccc1C(=O)N1CCCC(Cc2nc(-c3cnccn3)no2)C1. The number of amides is 1. The molecule has 1 aliphatic rings. The summed E-state index contributed by atoms with van der Waals surface area (Å²) in [6.07, 6.45) is 8.94. The van der Waals surface area contributed by atoms with Crippen LogP contribution < -0.4 is 4.74 Å². The lowest BCUT2D eigenvalue weighted by atomic mass is 9.94. The first kappa shape index (κ1) is 19.0. The molecule has 29 heavy (non-hydrogen) atoms. The molecule has 1 saturated heterocycles. The van der Waals surface area contributed by atoms with Crippen molar-refractivity contribution in [2.75, 3.05) is 19.7 Å². The van der Waals surface area contributed by atoms with Gasteiger partial charge in [-0.25, -0.2) is 9.97 Å². The Balaban J connectivity index is 1.43. The van der Waals surface area contributed by atoms with Crippen molar-refractivity contribution in [1.29, 1.82) is 0 Å². The average Bonchev–Trinajstić information content (AvgIpc) is 3.23. The molecule has 1 aliphatic heterocycles. The lowest BCUT2D eigenvalue weighted by Crippen LogP contribution is -2.40. The van der Waals surface area contributed by atoms with E-state index in [0.29, 0.717) is 55.0 Å². The van der Waals surface area contributed by atoms with Gasteiger partial charge in [-0.05, 0) is 37.8 Å². The van der Waals surface area contributed by atoms with E-state index in [1.165, 1.54) is 0 Å². The van der Waals surface area contributed by atoms with Gasteiger partial charge in [0.05, 0.1) is 12.8 Å². The number of carbonyl (C=O) groups excluding carboxylic acids is 1. The first-order valence-electron chi connectivity index (χ1n) is 9.70. The number of ether oxygens (including phenoxy) is 1. The van der Waals surface area contributed by atoms with Crippen LogP contribution in [-0.4, -0.2) is 55.6 Å². The number of nitrogens with zero attached hydrogens (tertiary/aromatic N) is 6. The second-order valence-corrected chi connectivity index (χ2v) is 6.86. The smallest absolute Gasteiger partial charge is 0.259 e. The summed E-state index contributed by atoms with van der Waals surface area (Å²) in [5, 5.41) is 3.99. The molecule has 0 radical (unpaired) electrons. The summed E-state index contributed by atoms with van der Waals surface area (Å²) in [5.74, 6) is 1.54. The molecule has 1 atom stereocenters. The van der Waals surface area contributed by atoms with Crippen molar-refractivity contribution in [3.63, 3.8) is 0 Å². The Morgan fingerprint density at radius 2 is 2.24 bits per heavy atom. The molecule has 0 N–H and O–H groups in total. The molecule has 0 aliphatic carbocycles. The van der Waals surface area contributed by atoms with Crippen LogP contribution >= 0.6 is 0 Å². The Kier molecular flexibility index (Phi) is 5.73. The molecule has 3 aromatic heterocycles. The predicted molar refractivity (Wildman–Crippen MR) is 103 cm³/mol. The molecule has 3 aromatic rings. The zero-order chi connectivity index (χ0) is 20.1. The van der Waals surface area contributed by atoms with Crippen LogP contribution in [0.2, 0.25) is 0 Å². The van der Waals surface area contributed by atoms with Gasteiger partial charge in [-0.2, -0.15) is 4.98 Å². The summed E-state index contributed by atoms with van der Waals surface area (Å²) in [7, 11) is 0. The summed E-state index contributed by atoms with van der Waals surface area (Å²) in [6.45, 7) is 3.68. The van der Waals surface area contributed by atoms with Gasteiger partial charge in [-0.15, -0.1) is 0 Å². The minimum absolute atomic E-state index is 0.0583. The first-order chi connectivity index (χ1) is 14.2. The van der Waals surface area contributed by atoms with Crippen molar-refractivity contribution in [2.45, 2.75) is 26.2 Å². The fourth-order valence-corrected chi connectivity index (χ4v) is 3.50. The number of aromatic nitrogens is 5. The molecule has 1 unspecified atom stereocenters. The van der Waals surface area contributed by atoms with E-state index >= 15 is 0 Å². The molecule has 0 bridgehead atoms. The van der Waals surface area contributed by atoms with Crippen molar-refractivity contribution in [3.8, 4) is 17.4 Å². The van der Waals surface area contributed by atoms with E-state index in [-0.39, 0.29) is 11.8 Å². The van der Waals surface area contributed by atoms with E-state index in [4.69, 9.17) is 9.26 Å². The Morgan fingerprint density at radius 3 is 3.07 bits per heavy atom. The maximum atomic E-state index is 13.0. The third-order valence-electron chi connectivity index (χ3n) is 4.81. The highest BCUT2D eigenvalue weighted by molar-refractivity contribution is 5.96. The van der Waals surface area contributed by atoms with Crippen molar-refractivity contribution < 1.29 is 14.1 Å². The average molecular weight is 394 g/mol. The van der Waals surface area contributed by atoms with E-state index in [9.17, 15) is 4.79 Å². The standard InChI is InChI=1S/C20H22N6O3/c1-2-28-19-15(6-3-7-23-19)20(27)26-10-4-5-14(13-26)11-17-24-18(25-29-17)16-12-21-8-9-22-16/h3,6-9,12,14H,2,4-5,10-11,13H2,1H3. The van der Waals surface area contributed by atoms with Crippen molar-refractivity contribution in [2.24, 2.45) is 5.92 Å². The summed E-state index contributed by atoms with van der Waals surface area (Å²) in [4.78, 5) is 31.7. The second kappa shape index (κ2) is 8.76. The minimum Gasteiger partial charge on any atom is -0.477 e. The lowest BCUT2D eigenvalue weighted by molar-refractivity contribution is 0.0663. The molecule has 4 rings (SSSR count). The monoisotopic (exact) mass is 394 g/mol. The van der Waals surface area contributed by atoms with Crippen LogP contribution in [0.5, 0.6) is 5.88 Å². The molecule has 1 amide bonds. The summed E-state index contributed by atoms with van der Waals surface area (Å²) < 4.78 is 10.9. The van der Waals surface area contributed by atoms with E-state index in [0.717, 1.165) is 12.8 Å². The quantitative estimate of drug-likeness (QED) is 0.627. The van der Waals surface area contributed by atoms with Gasteiger partial charge in [0.15, 0.2) is 0 Å². The molecule has 0 saturated carbocycles. The van der Waals surface area contributed by atoms with Crippen molar-refractivity contribution >= 4 is 5.91 Å². The number of pyridine rings is 1. The van der Waals surface area contributed by atoms with E-state index in [1.54, 1.807) is 36.9 Å². The first-order valence-corrected chi connectivity index (χ1v) is 9.70. The van der Waals surface area contributed by atoms with Gasteiger partial charge in [0.1, 0.15) is 11.3 Å². The van der Waals surface area contributed by atoms with Gasteiger partial charge in [-0.3, -0.25) is 9.78 Å².